The predicted octanol–water partition coefficient (Wildman–Crippen LogP) is 6.95. The van der Waals surface area contributed by atoms with Gasteiger partial charge in [0.2, 0.25) is 0 Å². The van der Waals surface area contributed by atoms with Gasteiger partial charge in [-0.15, -0.1) is 0 Å². The third-order valence-corrected chi connectivity index (χ3v) is 6.21. The van der Waals surface area contributed by atoms with Gasteiger partial charge in [-0.25, -0.2) is 0 Å². The van der Waals surface area contributed by atoms with E-state index >= 15 is 0 Å². The first-order valence-corrected chi connectivity index (χ1v) is 10.1. The quantitative estimate of drug-likeness (QED) is 0.539. The largest absolute Gasteiger partial charge is 0.192 e. The van der Waals surface area contributed by atoms with Gasteiger partial charge in [-0.3, -0.25) is 0 Å². The molecule has 1 nitrogen and oxygen atoms in total. The van der Waals surface area contributed by atoms with E-state index in [2.05, 4.69) is 86.1 Å². The Morgan fingerprint density at radius 2 is 1.50 bits per heavy atom. The summed E-state index contributed by atoms with van der Waals surface area (Å²) >= 11 is 3.46. The van der Waals surface area contributed by atoms with Gasteiger partial charge in [-0.1, -0.05) is 80.0 Å². The van der Waals surface area contributed by atoms with Gasteiger partial charge >= 0.3 is 0 Å². The summed E-state index contributed by atoms with van der Waals surface area (Å²) in [5, 5.41) is 9.06. The van der Waals surface area contributed by atoms with Crippen molar-refractivity contribution in [3.8, 4) is 6.07 Å². The number of allylic oxidation sites excluding steroid dienone is 1. The van der Waals surface area contributed by atoms with Crippen molar-refractivity contribution in [3.05, 3.63) is 81.3 Å². The second-order valence-electron chi connectivity index (χ2n) is 8.60. The zero-order valence-electron chi connectivity index (χ0n) is 16.0. The summed E-state index contributed by atoms with van der Waals surface area (Å²) in [7, 11) is 0. The van der Waals surface area contributed by atoms with Gasteiger partial charge in [0, 0.05) is 5.92 Å². The van der Waals surface area contributed by atoms with Gasteiger partial charge in [0.1, 0.15) is 0 Å². The van der Waals surface area contributed by atoms with Crippen molar-refractivity contribution < 1.29 is 0 Å². The van der Waals surface area contributed by atoms with Gasteiger partial charge in [0.25, 0.3) is 0 Å². The molecule has 0 saturated carbocycles. The fourth-order valence-electron chi connectivity index (χ4n) is 4.05. The van der Waals surface area contributed by atoms with Gasteiger partial charge in [0.05, 0.1) is 11.6 Å². The average molecular weight is 408 g/mol. The van der Waals surface area contributed by atoms with Gasteiger partial charge in [0.15, 0.2) is 0 Å². The molecule has 0 aromatic heterocycles. The third-order valence-electron chi connectivity index (χ3n) is 5.90. The molecule has 2 aromatic carbocycles. The van der Waals surface area contributed by atoms with E-state index in [1.807, 2.05) is 17.1 Å². The SMILES string of the molecule is CC1(C)CCC(C)(C)c2cc(C(/C=C/Br)c3ccc(C#N)cc3)ccc21. The van der Waals surface area contributed by atoms with E-state index in [4.69, 9.17) is 5.26 Å². The minimum Gasteiger partial charge on any atom is -0.192 e. The molecular weight excluding hydrogens is 382 g/mol. The molecule has 0 saturated heterocycles. The summed E-state index contributed by atoms with van der Waals surface area (Å²) in [4.78, 5) is 1.93. The molecule has 1 aliphatic carbocycles. The molecule has 26 heavy (non-hydrogen) atoms. The summed E-state index contributed by atoms with van der Waals surface area (Å²) in [6.45, 7) is 9.44. The normalized spacial score (nSPS) is 18.9. The smallest absolute Gasteiger partial charge is 0.0991 e. The summed E-state index contributed by atoms with van der Waals surface area (Å²) in [5.41, 5.74) is 6.60. The highest BCUT2D eigenvalue weighted by Crippen LogP contribution is 2.46. The standard InChI is InChI=1S/C24H26BrN/c1-23(2)12-13-24(3,4)22-15-19(9-10-21(22)23)20(11-14-25)18-7-5-17(16-26)6-8-18/h5-11,14-15,20H,12-13H2,1-4H3/b14-11+. The topological polar surface area (TPSA) is 23.8 Å². The fraction of sp³-hybridized carbons (Fsp3) is 0.375. The summed E-state index contributed by atoms with van der Waals surface area (Å²) in [6, 6.07) is 17.1. The van der Waals surface area contributed by atoms with Gasteiger partial charge in [-0.2, -0.15) is 5.26 Å². The number of benzene rings is 2. The molecule has 0 bridgehead atoms. The highest BCUT2D eigenvalue weighted by atomic mass is 79.9. The van der Waals surface area contributed by atoms with Crippen molar-refractivity contribution in [1.29, 1.82) is 5.26 Å². The fourth-order valence-corrected chi connectivity index (χ4v) is 4.36. The molecule has 3 rings (SSSR count). The van der Waals surface area contributed by atoms with Crippen LogP contribution in [0, 0.1) is 11.3 Å². The first-order chi connectivity index (χ1) is 12.3. The molecular formula is C24H26BrN. The van der Waals surface area contributed by atoms with Crippen LogP contribution in [-0.4, -0.2) is 0 Å². The maximum Gasteiger partial charge on any atom is 0.0991 e. The van der Waals surface area contributed by atoms with E-state index in [1.54, 1.807) is 0 Å². The first-order valence-electron chi connectivity index (χ1n) is 9.20. The molecule has 134 valence electrons. The molecule has 2 heteroatoms. The van der Waals surface area contributed by atoms with Crippen LogP contribution in [0.4, 0.5) is 0 Å². The van der Waals surface area contributed by atoms with Crippen LogP contribution in [0.5, 0.6) is 0 Å². The summed E-state index contributed by atoms with van der Waals surface area (Å²) in [5.74, 6) is 0.174. The lowest BCUT2D eigenvalue weighted by Gasteiger charge is -2.42. The Bertz CT molecular complexity index is 866. The van der Waals surface area contributed by atoms with E-state index in [0.29, 0.717) is 5.56 Å². The van der Waals surface area contributed by atoms with E-state index in [-0.39, 0.29) is 16.7 Å². The lowest BCUT2D eigenvalue weighted by molar-refractivity contribution is 0.331. The van der Waals surface area contributed by atoms with E-state index in [0.717, 1.165) is 0 Å². The Labute approximate surface area is 165 Å². The number of halogens is 1. The van der Waals surface area contributed by atoms with E-state index in [1.165, 1.54) is 35.1 Å². The Morgan fingerprint density at radius 1 is 0.923 bits per heavy atom. The molecule has 0 spiro atoms. The molecule has 0 fully saturated rings. The number of hydrogen-bond acceptors (Lipinski definition) is 1. The molecule has 0 aliphatic heterocycles. The molecule has 0 radical (unpaired) electrons. The molecule has 0 heterocycles. The van der Waals surface area contributed by atoms with Crippen molar-refractivity contribution in [2.24, 2.45) is 0 Å². The third kappa shape index (κ3) is 3.51. The number of hydrogen-bond donors (Lipinski definition) is 0. The lowest BCUT2D eigenvalue weighted by Crippen LogP contribution is -2.34. The van der Waals surface area contributed by atoms with Crippen molar-refractivity contribution in [1.82, 2.24) is 0 Å². The molecule has 1 aliphatic rings. The minimum atomic E-state index is 0.174. The van der Waals surface area contributed by atoms with Gasteiger partial charge in [-0.05, 0) is 63.0 Å². The van der Waals surface area contributed by atoms with Crippen LogP contribution in [-0.2, 0) is 10.8 Å². The highest BCUT2D eigenvalue weighted by molar-refractivity contribution is 9.11. The molecule has 1 unspecified atom stereocenters. The summed E-state index contributed by atoms with van der Waals surface area (Å²) < 4.78 is 0. The molecule has 0 amide bonds. The van der Waals surface area contributed by atoms with Crippen molar-refractivity contribution in [3.63, 3.8) is 0 Å². The monoisotopic (exact) mass is 407 g/mol. The number of rotatable bonds is 3. The molecule has 1 atom stereocenters. The second-order valence-corrected chi connectivity index (χ2v) is 9.13. The van der Waals surface area contributed by atoms with E-state index < -0.39 is 0 Å². The van der Waals surface area contributed by atoms with Crippen molar-refractivity contribution in [2.45, 2.75) is 57.3 Å². The van der Waals surface area contributed by atoms with Crippen LogP contribution >= 0.6 is 15.9 Å². The number of nitrogens with zero attached hydrogens (tertiary/aromatic N) is 1. The maximum atomic E-state index is 9.06. The molecule has 0 N–H and O–H groups in total. The van der Waals surface area contributed by atoms with Crippen LogP contribution < -0.4 is 0 Å². The predicted molar refractivity (Wildman–Crippen MR) is 113 cm³/mol. The average Bonchev–Trinajstić information content (AvgIpc) is 2.63. The zero-order valence-corrected chi connectivity index (χ0v) is 17.6. The molecule has 2 aromatic rings. The van der Waals surface area contributed by atoms with Crippen LogP contribution in [0.3, 0.4) is 0 Å². The van der Waals surface area contributed by atoms with E-state index in [9.17, 15) is 0 Å². The van der Waals surface area contributed by atoms with Crippen molar-refractivity contribution in [2.75, 3.05) is 0 Å². The minimum absolute atomic E-state index is 0.174. The summed E-state index contributed by atoms with van der Waals surface area (Å²) in [6.07, 6.45) is 4.61. The Kier molecular flexibility index (Phi) is 5.13. The van der Waals surface area contributed by atoms with Gasteiger partial charge < -0.3 is 0 Å². The Hall–Kier alpha value is -1.85. The first kappa shape index (κ1) is 18.9. The van der Waals surface area contributed by atoms with Crippen LogP contribution in [0.2, 0.25) is 0 Å². The van der Waals surface area contributed by atoms with Crippen LogP contribution in [0.1, 0.15) is 74.3 Å². The van der Waals surface area contributed by atoms with Crippen LogP contribution in [0.25, 0.3) is 0 Å². The van der Waals surface area contributed by atoms with Crippen LogP contribution in [0.15, 0.2) is 53.5 Å². The highest BCUT2D eigenvalue weighted by Gasteiger charge is 2.37. The van der Waals surface area contributed by atoms with Crippen molar-refractivity contribution >= 4 is 15.9 Å². The lowest BCUT2D eigenvalue weighted by atomic mass is 9.62. The Morgan fingerprint density at radius 3 is 2.08 bits per heavy atom. The zero-order chi connectivity index (χ0) is 18.9. The number of nitriles is 1. The maximum absolute atomic E-state index is 9.06. The second kappa shape index (κ2) is 7.05. The Balaban J connectivity index is 2.10. The number of fused-ring (bicyclic) bond motifs is 1.